The molecule has 0 radical (unpaired) electrons. The van der Waals surface area contributed by atoms with E-state index in [0.29, 0.717) is 0 Å². The molecule has 2 rings (SSSR count). The second-order valence-corrected chi connectivity index (χ2v) is 4.10. The molecule has 1 aromatic rings. The van der Waals surface area contributed by atoms with Gasteiger partial charge in [-0.05, 0) is 43.2 Å². The molecule has 0 nitrogen and oxygen atoms in total. The first-order chi connectivity index (χ1) is 6.88. The topological polar surface area (TPSA) is 0 Å². The zero-order valence-corrected chi connectivity index (χ0v) is 8.92. The number of hydrogen-bond acceptors (Lipinski definition) is 0. The number of rotatable bonds is 3. The molecule has 1 aliphatic carbocycles. The van der Waals surface area contributed by atoms with E-state index in [-0.39, 0.29) is 0 Å². The van der Waals surface area contributed by atoms with Gasteiger partial charge in [0.25, 0.3) is 0 Å². The molecule has 0 unspecified atom stereocenters. The Morgan fingerprint density at radius 1 is 1.07 bits per heavy atom. The fourth-order valence-corrected chi connectivity index (χ4v) is 2.05. The maximum Gasteiger partial charge on any atom is -0.00671 e. The van der Waals surface area contributed by atoms with Crippen LogP contribution < -0.4 is 0 Å². The molecule has 0 amide bonds. The SMILES string of the molecule is CCc1ccc(CC2=CCCC2)cc1. The van der Waals surface area contributed by atoms with E-state index in [1.807, 2.05) is 0 Å². The van der Waals surface area contributed by atoms with Crippen LogP contribution in [-0.4, -0.2) is 0 Å². The first-order valence-corrected chi connectivity index (χ1v) is 5.64. The highest BCUT2D eigenvalue weighted by Gasteiger charge is 2.04. The summed E-state index contributed by atoms with van der Waals surface area (Å²) < 4.78 is 0. The smallest absolute Gasteiger partial charge is 0.00671 e. The molecule has 0 bridgehead atoms. The summed E-state index contributed by atoms with van der Waals surface area (Å²) in [5.41, 5.74) is 4.54. The van der Waals surface area contributed by atoms with Crippen molar-refractivity contribution in [3.8, 4) is 0 Å². The molecule has 0 heteroatoms. The molecule has 74 valence electrons. The van der Waals surface area contributed by atoms with E-state index < -0.39 is 0 Å². The predicted molar refractivity (Wildman–Crippen MR) is 61.5 cm³/mol. The molecule has 0 atom stereocenters. The largest absolute Gasteiger partial charge is 0.0850 e. The van der Waals surface area contributed by atoms with Gasteiger partial charge in [-0.3, -0.25) is 0 Å². The minimum Gasteiger partial charge on any atom is -0.0850 e. The molecule has 0 N–H and O–H groups in total. The Morgan fingerprint density at radius 3 is 2.36 bits per heavy atom. The number of aryl methyl sites for hydroxylation is 1. The molecular formula is C14H18. The summed E-state index contributed by atoms with van der Waals surface area (Å²) in [6, 6.07) is 9.06. The average Bonchev–Trinajstić information content (AvgIpc) is 2.72. The number of benzene rings is 1. The third-order valence-electron chi connectivity index (χ3n) is 3.00. The Hall–Kier alpha value is -1.04. The lowest BCUT2D eigenvalue weighted by atomic mass is 10.0. The van der Waals surface area contributed by atoms with E-state index in [1.165, 1.54) is 36.8 Å². The zero-order valence-electron chi connectivity index (χ0n) is 8.92. The predicted octanol–water partition coefficient (Wildman–Crippen LogP) is 3.90. The maximum atomic E-state index is 2.41. The molecular weight excluding hydrogens is 168 g/mol. The highest BCUT2D eigenvalue weighted by molar-refractivity contribution is 5.27. The van der Waals surface area contributed by atoms with Crippen molar-refractivity contribution in [1.29, 1.82) is 0 Å². The van der Waals surface area contributed by atoms with Crippen LogP contribution in [0.3, 0.4) is 0 Å². The minimum atomic E-state index is 1.14. The molecule has 0 saturated heterocycles. The monoisotopic (exact) mass is 186 g/mol. The summed E-state index contributed by atoms with van der Waals surface area (Å²) >= 11 is 0. The second-order valence-electron chi connectivity index (χ2n) is 4.10. The lowest BCUT2D eigenvalue weighted by molar-refractivity contribution is 0.887. The third kappa shape index (κ3) is 2.25. The molecule has 0 spiro atoms. The third-order valence-corrected chi connectivity index (χ3v) is 3.00. The van der Waals surface area contributed by atoms with Gasteiger partial charge in [-0.25, -0.2) is 0 Å². The van der Waals surface area contributed by atoms with Gasteiger partial charge in [0.15, 0.2) is 0 Å². The van der Waals surface area contributed by atoms with Gasteiger partial charge in [-0.1, -0.05) is 42.8 Å². The van der Waals surface area contributed by atoms with Crippen LogP contribution in [0.15, 0.2) is 35.9 Å². The Bertz CT molecular complexity index is 316. The first-order valence-electron chi connectivity index (χ1n) is 5.64. The molecule has 0 saturated carbocycles. The summed E-state index contributed by atoms with van der Waals surface area (Å²) in [6.07, 6.45) is 8.70. The lowest BCUT2D eigenvalue weighted by Gasteiger charge is -2.03. The van der Waals surface area contributed by atoms with Gasteiger partial charge < -0.3 is 0 Å². The Morgan fingerprint density at radius 2 is 1.79 bits per heavy atom. The number of allylic oxidation sites excluding steroid dienone is 2. The van der Waals surface area contributed by atoms with Gasteiger partial charge >= 0.3 is 0 Å². The van der Waals surface area contributed by atoms with Crippen molar-refractivity contribution >= 4 is 0 Å². The molecule has 0 aliphatic heterocycles. The minimum absolute atomic E-state index is 1.14. The van der Waals surface area contributed by atoms with Crippen LogP contribution in [0.25, 0.3) is 0 Å². The van der Waals surface area contributed by atoms with E-state index in [9.17, 15) is 0 Å². The highest BCUT2D eigenvalue weighted by Crippen LogP contribution is 2.21. The second kappa shape index (κ2) is 4.45. The van der Waals surface area contributed by atoms with Gasteiger partial charge in [-0.15, -0.1) is 0 Å². The number of hydrogen-bond donors (Lipinski definition) is 0. The van der Waals surface area contributed by atoms with Gasteiger partial charge in [0.1, 0.15) is 0 Å². The average molecular weight is 186 g/mol. The Labute approximate surface area is 86.7 Å². The summed E-state index contributed by atoms with van der Waals surface area (Å²) in [4.78, 5) is 0. The van der Waals surface area contributed by atoms with E-state index in [4.69, 9.17) is 0 Å². The van der Waals surface area contributed by atoms with Gasteiger partial charge in [0, 0.05) is 0 Å². The van der Waals surface area contributed by atoms with Crippen molar-refractivity contribution in [2.75, 3.05) is 0 Å². The van der Waals surface area contributed by atoms with Crippen LogP contribution in [-0.2, 0) is 12.8 Å². The molecule has 14 heavy (non-hydrogen) atoms. The fraction of sp³-hybridized carbons (Fsp3) is 0.429. The van der Waals surface area contributed by atoms with Gasteiger partial charge in [0.2, 0.25) is 0 Å². The standard InChI is InChI=1S/C14H18/c1-2-12-7-9-14(10-8-12)11-13-5-3-4-6-13/h5,7-10H,2-4,6,11H2,1H3. The lowest BCUT2D eigenvalue weighted by Crippen LogP contribution is -1.88. The summed E-state index contributed by atoms with van der Waals surface area (Å²) in [5.74, 6) is 0. The molecule has 1 aliphatic rings. The van der Waals surface area contributed by atoms with Crippen LogP contribution in [0.4, 0.5) is 0 Å². The molecule has 0 fully saturated rings. The summed E-state index contributed by atoms with van der Waals surface area (Å²) in [7, 11) is 0. The Kier molecular flexibility index (Phi) is 3.03. The first kappa shape index (κ1) is 9.51. The fourth-order valence-electron chi connectivity index (χ4n) is 2.05. The van der Waals surface area contributed by atoms with Crippen LogP contribution in [0.5, 0.6) is 0 Å². The molecule has 0 aromatic heterocycles. The summed E-state index contributed by atoms with van der Waals surface area (Å²) in [5, 5.41) is 0. The van der Waals surface area contributed by atoms with Crippen molar-refractivity contribution in [3.63, 3.8) is 0 Å². The van der Waals surface area contributed by atoms with E-state index in [2.05, 4.69) is 37.3 Å². The van der Waals surface area contributed by atoms with E-state index in [0.717, 1.165) is 6.42 Å². The molecule has 1 aromatic carbocycles. The van der Waals surface area contributed by atoms with E-state index >= 15 is 0 Å². The quantitative estimate of drug-likeness (QED) is 0.628. The normalized spacial score (nSPS) is 15.6. The van der Waals surface area contributed by atoms with Crippen molar-refractivity contribution in [2.24, 2.45) is 0 Å². The van der Waals surface area contributed by atoms with Gasteiger partial charge in [-0.2, -0.15) is 0 Å². The van der Waals surface area contributed by atoms with Crippen molar-refractivity contribution in [1.82, 2.24) is 0 Å². The highest BCUT2D eigenvalue weighted by atomic mass is 14.1. The van der Waals surface area contributed by atoms with Crippen molar-refractivity contribution in [2.45, 2.75) is 39.0 Å². The van der Waals surface area contributed by atoms with Crippen LogP contribution in [0.1, 0.15) is 37.3 Å². The zero-order chi connectivity index (χ0) is 9.80. The van der Waals surface area contributed by atoms with Crippen molar-refractivity contribution < 1.29 is 0 Å². The molecule has 0 heterocycles. The van der Waals surface area contributed by atoms with Crippen LogP contribution in [0.2, 0.25) is 0 Å². The Balaban J connectivity index is 2.02. The summed E-state index contributed by atoms with van der Waals surface area (Å²) in [6.45, 7) is 2.20. The maximum absolute atomic E-state index is 2.41. The van der Waals surface area contributed by atoms with Crippen molar-refractivity contribution in [3.05, 3.63) is 47.0 Å². The van der Waals surface area contributed by atoms with Gasteiger partial charge in [0.05, 0.1) is 0 Å². The van der Waals surface area contributed by atoms with Crippen LogP contribution >= 0.6 is 0 Å². The van der Waals surface area contributed by atoms with E-state index in [1.54, 1.807) is 5.57 Å². The van der Waals surface area contributed by atoms with Crippen LogP contribution in [0, 0.1) is 0 Å².